The van der Waals surface area contributed by atoms with E-state index in [1.54, 1.807) is 23.5 Å². The topological polar surface area (TPSA) is 12.0 Å². The predicted molar refractivity (Wildman–Crippen MR) is 91.2 cm³/mol. The monoisotopic (exact) mass is 361 g/mol. The van der Waals surface area contributed by atoms with Crippen molar-refractivity contribution >= 4 is 33.0 Å². The molecule has 106 valence electrons. The van der Waals surface area contributed by atoms with Crippen LogP contribution in [0.25, 0.3) is 10.4 Å². The number of halogens is 2. The third kappa shape index (κ3) is 3.52. The van der Waals surface area contributed by atoms with Crippen LogP contribution in [0.3, 0.4) is 0 Å². The molecule has 0 aliphatic rings. The van der Waals surface area contributed by atoms with Crippen LogP contribution in [0.4, 0.5) is 10.1 Å². The molecule has 0 unspecified atom stereocenters. The Kier molecular flexibility index (Phi) is 4.36. The summed E-state index contributed by atoms with van der Waals surface area (Å²) >= 11 is 5.07. The molecule has 0 bridgehead atoms. The lowest BCUT2D eigenvalue weighted by atomic mass is 10.2. The first-order chi connectivity index (χ1) is 10.2. The molecule has 0 saturated heterocycles. The highest BCUT2D eigenvalue weighted by molar-refractivity contribution is 9.10. The van der Waals surface area contributed by atoms with Gasteiger partial charge in [0.15, 0.2) is 0 Å². The summed E-state index contributed by atoms with van der Waals surface area (Å²) in [5.41, 5.74) is 1.72. The molecule has 0 amide bonds. The molecular weight excluding hydrogens is 349 g/mol. The highest BCUT2D eigenvalue weighted by Crippen LogP contribution is 2.29. The molecule has 21 heavy (non-hydrogen) atoms. The largest absolute Gasteiger partial charge is 0.378 e. The summed E-state index contributed by atoms with van der Waals surface area (Å²) in [7, 11) is 0. The van der Waals surface area contributed by atoms with Gasteiger partial charge in [-0.3, -0.25) is 0 Å². The molecule has 3 aromatic rings. The first-order valence-corrected chi connectivity index (χ1v) is 8.16. The van der Waals surface area contributed by atoms with Crippen molar-refractivity contribution in [2.24, 2.45) is 0 Å². The van der Waals surface area contributed by atoms with E-state index in [0.717, 1.165) is 4.47 Å². The third-order valence-electron chi connectivity index (χ3n) is 3.10. The van der Waals surface area contributed by atoms with Crippen LogP contribution in [0.5, 0.6) is 0 Å². The number of hydrogen-bond donors (Lipinski definition) is 1. The smallest absolute Gasteiger partial charge is 0.146 e. The lowest BCUT2D eigenvalue weighted by Gasteiger charge is -2.06. The van der Waals surface area contributed by atoms with Crippen molar-refractivity contribution in [1.82, 2.24) is 0 Å². The van der Waals surface area contributed by atoms with Crippen LogP contribution in [0, 0.1) is 5.82 Å². The molecule has 0 fully saturated rings. The van der Waals surface area contributed by atoms with Crippen molar-refractivity contribution in [3.63, 3.8) is 0 Å². The molecule has 0 radical (unpaired) electrons. The van der Waals surface area contributed by atoms with Crippen LogP contribution < -0.4 is 5.32 Å². The van der Waals surface area contributed by atoms with Gasteiger partial charge in [-0.15, -0.1) is 11.3 Å². The maximum Gasteiger partial charge on any atom is 0.146 e. The molecule has 1 heterocycles. The molecule has 3 rings (SSSR count). The fraction of sp³-hybridized carbons (Fsp3) is 0.0588. The third-order valence-corrected chi connectivity index (χ3v) is 4.73. The molecule has 0 atom stereocenters. The van der Waals surface area contributed by atoms with Gasteiger partial charge >= 0.3 is 0 Å². The van der Waals surface area contributed by atoms with Crippen molar-refractivity contribution < 1.29 is 4.39 Å². The van der Waals surface area contributed by atoms with Crippen LogP contribution in [-0.2, 0) is 6.54 Å². The summed E-state index contributed by atoms with van der Waals surface area (Å²) < 4.78 is 14.5. The van der Waals surface area contributed by atoms with E-state index < -0.39 is 0 Å². The van der Waals surface area contributed by atoms with Gasteiger partial charge in [-0.1, -0.05) is 46.3 Å². The SMILES string of the molecule is Fc1ccc(Br)cc1NCc1ccc(-c2ccccc2)s1. The summed E-state index contributed by atoms with van der Waals surface area (Å²) in [6, 6.07) is 19.3. The Morgan fingerprint density at radius 2 is 1.81 bits per heavy atom. The zero-order valence-electron chi connectivity index (χ0n) is 11.1. The molecule has 0 saturated carbocycles. The first kappa shape index (κ1) is 14.3. The number of rotatable bonds is 4. The van der Waals surface area contributed by atoms with E-state index in [0.29, 0.717) is 12.2 Å². The Morgan fingerprint density at radius 3 is 2.62 bits per heavy atom. The van der Waals surface area contributed by atoms with Gasteiger partial charge in [0.05, 0.1) is 5.69 Å². The number of hydrogen-bond acceptors (Lipinski definition) is 2. The maximum atomic E-state index is 13.7. The Morgan fingerprint density at radius 1 is 1.00 bits per heavy atom. The van der Waals surface area contributed by atoms with Crippen LogP contribution in [0.2, 0.25) is 0 Å². The number of nitrogens with one attached hydrogen (secondary N) is 1. The van der Waals surface area contributed by atoms with Gasteiger partial charge in [0, 0.05) is 20.8 Å². The minimum absolute atomic E-state index is 0.238. The second-order valence-corrected chi connectivity index (χ2v) is 6.69. The first-order valence-electron chi connectivity index (χ1n) is 6.55. The quantitative estimate of drug-likeness (QED) is 0.607. The molecule has 2 aromatic carbocycles. The Balaban J connectivity index is 1.72. The second kappa shape index (κ2) is 6.41. The van der Waals surface area contributed by atoms with Crippen LogP contribution >= 0.6 is 27.3 Å². The average Bonchev–Trinajstić information content (AvgIpc) is 2.98. The van der Waals surface area contributed by atoms with Crippen molar-refractivity contribution in [1.29, 1.82) is 0 Å². The summed E-state index contributed by atoms with van der Waals surface area (Å²) in [6.07, 6.45) is 0. The summed E-state index contributed by atoms with van der Waals surface area (Å²) in [5, 5.41) is 3.14. The van der Waals surface area contributed by atoms with E-state index >= 15 is 0 Å². The van der Waals surface area contributed by atoms with Crippen LogP contribution in [0.15, 0.2) is 65.1 Å². The van der Waals surface area contributed by atoms with Gasteiger partial charge in [0.25, 0.3) is 0 Å². The average molecular weight is 362 g/mol. The number of thiophene rings is 1. The Bertz CT molecular complexity index is 740. The van der Waals surface area contributed by atoms with E-state index in [1.807, 2.05) is 18.2 Å². The number of anilines is 1. The fourth-order valence-electron chi connectivity index (χ4n) is 2.05. The highest BCUT2D eigenvalue weighted by atomic mass is 79.9. The molecule has 0 aliphatic heterocycles. The van der Waals surface area contributed by atoms with Gasteiger partial charge in [-0.2, -0.15) is 0 Å². The van der Waals surface area contributed by atoms with E-state index in [4.69, 9.17) is 0 Å². The van der Waals surface area contributed by atoms with Gasteiger partial charge < -0.3 is 5.32 Å². The van der Waals surface area contributed by atoms with Gasteiger partial charge in [-0.25, -0.2) is 4.39 Å². The Labute approximate surface area is 135 Å². The van der Waals surface area contributed by atoms with Crippen LogP contribution in [0.1, 0.15) is 4.88 Å². The normalized spacial score (nSPS) is 10.6. The van der Waals surface area contributed by atoms with Gasteiger partial charge in [0.1, 0.15) is 5.82 Å². The highest BCUT2D eigenvalue weighted by Gasteiger charge is 2.05. The maximum absolute atomic E-state index is 13.7. The van der Waals surface area contributed by atoms with E-state index in [2.05, 4.69) is 45.5 Å². The summed E-state index contributed by atoms with van der Waals surface area (Å²) in [6.45, 7) is 0.616. The minimum Gasteiger partial charge on any atom is -0.378 e. The molecule has 4 heteroatoms. The van der Waals surface area contributed by atoms with Crippen molar-refractivity contribution in [3.8, 4) is 10.4 Å². The lowest BCUT2D eigenvalue weighted by molar-refractivity contribution is 0.630. The van der Waals surface area contributed by atoms with Crippen molar-refractivity contribution in [2.45, 2.75) is 6.54 Å². The van der Waals surface area contributed by atoms with E-state index in [-0.39, 0.29) is 5.82 Å². The van der Waals surface area contributed by atoms with Crippen molar-refractivity contribution in [3.05, 3.63) is 75.8 Å². The summed E-state index contributed by atoms with van der Waals surface area (Å²) in [4.78, 5) is 2.40. The molecular formula is C17H13BrFNS. The lowest BCUT2D eigenvalue weighted by Crippen LogP contribution is -1.99. The van der Waals surface area contributed by atoms with E-state index in [9.17, 15) is 4.39 Å². The van der Waals surface area contributed by atoms with Gasteiger partial charge in [-0.05, 0) is 35.9 Å². The number of benzene rings is 2. The fourth-order valence-corrected chi connectivity index (χ4v) is 3.36. The molecule has 0 aliphatic carbocycles. The Hall–Kier alpha value is -1.65. The molecule has 1 N–H and O–H groups in total. The zero-order chi connectivity index (χ0) is 14.7. The predicted octanol–water partition coefficient (Wildman–Crippen LogP) is 5.93. The molecule has 1 nitrogen and oxygen atoms in total. The molecule has 0 spiro atoms. The van der Waals surface area contributed by atoms with Gasteiger partial charge in [0.2, 0.25) is 0 Å². The minimum atomic E-state index is -0.238. The molecule has 1 aromatic heterocycles. The van der Waals surface area contributed by atoms with E-state index in [1.165, 1.54) is 21.4 Å². The zero-order valence-corrected chi connectivity index (χ0v) is 13.5. The van der Waals surface area contributed by atoms with Crippen molar-refractivity contribution in [2.75, 3.05) is 5.32 Å². The second-order valence-electron chi connectivity index (χ2n) is 4.61. The standard InChI is InChI=1S/C17H13BrFNS/c18-13-6-8-15(19)16(10-13)20-11-14-7-9-17(21-14)12-4-2-1-3-5-12/h1-10,20H,11H2. The van der Waals surface area contributed by atoms with Crippen LogP contribution in [-0.4, -0.2) is 0 Å². The summed E-state index contributed by atoms with van der Waals surface area (Å²) in [5.74, 6) is -0.238.